The topological polar surface area (TPSA) is 50.2 Å². The molecule has 1 atom stereocenters. The van der Waals surface area contributed by atoms with Gasteiger partial charge in [0.25, 0.3) is 0 Å². The molecule has 5 heteroatoms. The number of aliphatic hydroxyl groups is 1. The van der Waals surface area contributed by atoms with Gasteiger partial charge < -0.3 is 5.11 Å². The Kier molecular flexibility index (Phi) is 5.30. The summed E-state index contributed by atoms with van der Waals surface area (Å²) in [6, 6.07) is 7.58. The van der Waals surface area contributed by atoms with Crippen LogP contribution in [0.1, 0.15) is 42.6 Å². The third-order valence-electron chi connectivity index (χ3n) is 3.04. The molecule has 0 radical (unpaired) electrons. The molecule has 0 saturated heterocycles. The number of thiazole rings is 1. The normalized spacial score (nSPS) is 13.3. The minimum Gasteiger partial charge on any atom is -0.392 e. The number of hydrogen-bond acceptors (Lipinski definition) is 4. The van der Waals surface area contributed by atoms with Crippen molar-refractivity contribution in [1.29, 1.82) is 0 Å². The Hall–Kier alpha value is -1.04. The Labute approximate surface area is 132 Å². The van der Waals surface area contributed by atoms with E-state index >= 15 is 0 Å². The molecule has 2 rings (SSSR count). The zero-order chi connectivity index (χ0) is 15.5. The second-order valence-corrected chi connectivity index (χ2v) is 8.41. The molecule has 0 amide bonds. The van der Waals surface area contributed by atoms with E-state index in [1.165, 1.54) is 0 Å². The third-order valence-corrected chi connectivity index (χ3v) is 5.63. The largest absolute Gasteiger partial charge is 0.392 e. The molecule has 21 heavy (non-hydrogen) atoms. The van der Waals surface area contributed by atoms with E-state index in [2.05, 4.69) is 25.8 Å². The number of aliphatic hydroxyl groups excluding tert-OH is 1. The van der Waals surface area contributed by atoms with Gasteiger partial charge >= 0.3 is 0 Å². The predicted molar refractivity (Wildman–Crippen MR) is 88.7 cm³/mol. The molecule has 0 bridgehead atoms. The van der Waals surface area contributed by atoms with E-state index in [1.807, 2.05) is 29.6 Å². The number of hydrogen-bond donors (Lipinski definition) is 1. The molecule has 0 saturated carbocycles. The van der Waals surface area contributed by atoms with Crippen molar-refractivity contribution < 1.29 is 9.32 Å². The highest BCUT2D eigenvalue weighted by Crippen LogP contribution is 2.26. The number of aromatic nitrogens is 1. The van der Waals surface area contributed by atoms with Crippen molar-refractivity contribution in [2.24, 2.45) is 0 Å². The van der Waals surface area contributed by atoms with Crippen molar-refractivity contribution in [3.8, 4) is 0 Å². The lowest BCUT2D eigenvalue weighted by molar-refractivity contribution is 0.282. The van der Waals surface area contributed by atoms with Crippen LogP contribution in [0.5, 0.6) is 0 Å². The molecule has 114 valence electrons. The maximum atomic E-state index is 12.2. The number of rotatable bonds is 5. The maximum Gasteiger partial charge on any atom is 0.0982 e. The fourth-order valence-electron chi connectivity index (χ4n) is 1.86. The molecule has 1 aromatic carbocycles. The van der Waals surface area contributed by atoms with Gasteiger partial charge in [-0.25, -0.2) is 4.98 Å². The highest BCUT2D eigenvalue weighted by Gasteiger charge is 2.18. The SMILES string of the molecule is CC(C)(C)c1nc(CS(=O)Cc2ccc(CO)cc2)cs1. The molecule has 0 fully saturated rings. The Morgan fingerprint density at radius 3 is 2.29 bits per heavy atom. The van der Waals surface area contributed by atoms with E-state index in [1.54, 1.807) is 11.3 Å². The first-order chi connectivity index (χ1) is 9.88. The molecule has 1 aromatic heterocycles. The van der Waals surface area contributed by atoms with Gasteiger partial charge in [0, 0.05) is 27.3 Å². The van der Waals surface area contributed by atoms with E-state index in [0.29, 0.717) is 11.5 Å². The first-order valence-electron chi connectivity index (χ1n) is 6.87. The lowest BCUT2D eigenvalue weighted by Gasteiger charge is -2.13. The third kappa shape index (κ3) is 4.73. The summed E-state index contributed by atoms with van der Waals surface area (Å²) < 4.78 is 12.2. The van der Waals surface area contributed by atoms with Crippen LogP contribution >= 0.6 is 11.3 Å². The standard InChI is InChI=1S/C16H21NO2S2/c1-16(2,3)15-17-14(9-20-15)11-21(19)10-13-6-4-12(8-18)5-7-13/h4-7,9,18H,8,10-11H2,1-3H3. The van der Waals surface area contributed by atoms with E-state index in [9.17, 15) is 4.21 Å². The fraction of sp³-hybridized carbons (Fsp3) is 0.438. The molecular formula is C16H21NO2S2. The zero-order valence-electron chi connectivity index (χ0n) is 12.6. The summed E-state index contributed by atoms with van der Waals surface area (Å²) in [6.45, 7) is 6.44. The smallest absolute Gasteiger partial charge is 0.0982 e. The Bertz CT molecular complexity index is 612. The summed E-state index contributed by atoms with van der Waals surface area (Å²) in [5.74, 6) is 1.02. The van der Waals surface area contributed by atoms with Crippen LogP contribution in [-0.4, -0.2) is 14.3 Å². The molecule has 0 spiro atoms. The summed E-state index contributed by atoms with van der Waals surface area (Å²) in [4.78, 5) is 4.58. The highest BCUT2D eigenvalue weighted by molar-refractivity contribution is 7.83. The molecular weight excluding hydrogens is 302 g/mol. The van der Waals surface area contributed by atoms with E-state index in [4.69, 9.17) is 5.11 Å². The summed E-state index contributed by atoms with van der Waals surface area (Å²) in [7, 11) is -0.962. The number of benzene rings is 1. The van der Waals surface area contributed by atoms with Crippen LogP contribution in [0.4, 0.5) is 0 Å². The highest BCUT2D eigenvalue weighted by atomic mass is 32.2. The minimum atomic E-state index is -0.962. The fourth-order valence-corrected chi connectivity index (χ4v) is 4.02. The van der Waals surface area contributed by atoms with Gasteiger partial charge in [-0.3, -0.25) is 4.21 Å². The monoisotopic (exact) mass is 323 g/mol. The first kappa shape index (κ1) is 16.3. The quantitative estimate of drug-likeness (QED) is 0.917. The average molecular weight is 323 g/mol. The van der Waals surface area contributed by atoms with Crippen LogP contribution < -0.4 is 0 Å². The molecule has 1 N–H and O–H groups in total. The van der Waals surface area contributed by atoms with Gasteiger partial charge in [-0.05, 0) is 11.1 Å². The Morgan fingerprint density at radius 1 is 1.14 bits per heavy atom. The van der Waals surface area contributed by atoms with Gasteiger partial charge in [-0.15, -0.1) is 11.3 Å². The molecule has 1 heterocycles. The molecule has 0 aliphatic carbocycles. The van der Waals surface area contributed by atoms with Crippen LogP contribution in [-0.2, 0) is 34.3 Å². The summed E-state index contributed by atoms with van der Waals surface area (Å²) >= 11 is 1.64. The van der Waals surface area contributed by atoms with Gasteiger partial charge in [0.2, 0.25) is 0 Å². The van der Waals surface area contributed by atoms with Gasteiger partial charge in [-0.1, -0.05) is 45.0 Å². The Balaban J connectivity index is 1.96. The first-order valence-corrected chi connectivity index (χ1v) is 9.24. The molecule has 2 aromatic rings. The second kappa shape index (κ2) is 6.81. The van der Waals surface area contributed by atoms with Crippen LogP contribution in [0, 0.1) is 0 Å². The molecule has 1 unspecified atom stereocenters. The second-order valence-electron chi connectivity index (χ2n) is 6.10. The van der Waals surface area contributed by atoms with Crippen molar-refractivity contribution in [2.75, 3.05) is 0 Å². The Morgan fingerprint density at radius 2 is 1.76 bits per heavy atom. The van der Waals surface area contributed by atoms with Gasteiger partial charge in [0.15, 0.2) is 0 Å². The van der Waals surface area contributed by atoms with Crippen LogP contribution in [0.3, 0.4) is 0 Å². The zero-order valence-corrected chi connectivity index (χ0v) is 14.3. The number of nitrogens with zero attached hydrogens (tertiary/aromatic N) is 1. The predicted octanol–water partition coefficient (Wildman–Crippen LogP) is 3.38. The van der Waals surface area contributed by atoms with Gasteiger partial charge in [0.05, 0.1) is 23.1 Å². The van der Waals surface area contributed by atoms with Crippen LogP contribution in [0.25, 0.3) is 0 Å². The summed E-state index contributed by atoms with van der Waals surface area (Å²) in [6.07, 6.45) is 0. The van der Waals surface area contributed by atoms with Gasteiger partial charge in [-0.2, -0.15) is 0 Å². The molecule has 3 nitrogen and oxygen atoms in total. The van der Waals surface area contributed by atoms with Crippen LogP contribution in [0.15, 0.2) is 29.6 Å². The minimum absolute atomic E-state index is 0.0395. The van der Waals surface area contributed by atoms with Gasteiger partial charge in [0.1, 0.15) is 0 Å². The average Bonchev–Trinajstić information content (AvgIpc) is 2.88. The van der Waals surface area contributed by atoms with Crippen molar-refractivity contribution >= 4 is 22.1 Å². The van der Waals surface area contributed by atoms with E-state index in [0.717, 1.165) is 21.8 Å². The van der Waals surface area contributed by atoms with E-state index < -0.39 is 10.8 Å². The lowest BCUT2D eigenvalue weighted by Crippen LogP contribution is -2.10. The maximum absolute atomic E-state index is 12.2. The molecule has 0 aliphatic rings. The van der Waals surface area contributed by atoms with Crippen molar-refractivity contribution in [2.45, 2.75) is 44.3 Å². The van der Waals surface area contributed by atoms with Crippen LogP contribution in [0.2, 0.25) is 0 Å². The lowest BCUT2D eigenvalue weighted by atomic mass is 9.98. The summed E-state index contributed by atoms with van der Waals surface area (Å²) in [5.41, 5.74) is 2.86. The van der Waals surface area contributed by atoms with Crippen molar-refractivity contribution in [1.82, 2.24) is 4.98 Å². The van der Waals surface area contributed by atoms with E-state index in [-0.39, 0.29) is 12.0 Å². The summed E-state index contributed by atoms with van der Waals surface area (Å²) in [5, 5.41) is 12.1. The van der Waals surface area contributed by atoms with Crippen molar-refractivity contribution in [3.05, 3.63) is 51.5 Å². The molecule has 0 aliphatic heterocycles. The van der Waals surface area contributed by atoms with Crippen molar-refractivity contribution in [3.63, 3.8) is 0 Å².